The third kappa shape index (κ3) is 3.98. The number of aromatic nitrogens is 2. The number of benzene rings is 1. The van der Waals surface area contributed by atoms with E-state index in [1.165, 1.54) is 0 Å². The molecule has 0 atom stereocenters. The molecular formula is C18H23N3O5S. The number of fused-ring (bicyclic) bond motifs is 1. The molecular weight excluding hydrogens is 370 g/mol. The summed E-state index contributed by atoms with van der Waals surface area (Å²) in [5.41, 5.74) is 2.73. The molecule has 27 heavy (non-hydrogen) atoms. The Morgan fingerprint density at radius 1 is 1.26 bits per heavy atom. The van der Waals surface area contributed by atoms with E-state index in [-0.39, 0.29) is 5.16 Å². The summed E-state index contributed by atoms with van der Waals surface area (Å²) in [5.74, 6) is 1.46. The summed E-state index contributed by atoms with van der Waals surface area (Å²) in [6.45, 7) is 3.66. The van der Waals surface area contributed by atoms with Crippen LogP contribution in [0.15, 0.2) is 22.1 Å². The van der Waals surface area contributed by atoms with Crippen molar-refractivity contribution in [1.82, 2.24) is 14.9 Å². The van der Waals surface area contributed by atoms with Gasteiger partial charge in [0.2, 0.25) is 15.0 Å². The summed E-state index contributed by atoms with van der Waals surface area (Å²) >= 11 is 0. The second-order valence-electron chi connectivity index (χ2n) is 6.65. The molecule has 0 aliphatic carbocycles. The van der Waals surface area contributed by atoms with Gasteiger partial charge in [-0.1, -0.05) is 0 Å². The van der Waals surface area contributed by atoms with Crippen molar-refractivity contribution in [2.45, 2.75) is 31.6 Å². The summed E-state index contributed by atoms with van der Waals surface area (Å²) in [7, 11) is -0.325. The molecule has 0 saturated heterocycles. The minimum atomic E-state index is -3.55. The molecule has 1 aliphatic heterocycles. The number of aromatic amines is 1. The molecule has 9 heteroatoms. The molecule has 1 aromatic carbocycles. The summed E-state index contributed by atoms with van der Waals surface area (Å²) in [6.07, 6.45) is 1.55. The Morgan fingerprint density at radius 2 is 2.00 bits per heavy atom. The SMILES string of the molecule is COc1cc(C)c(CN2CCc3nc(S(C)(=O)=O)[nH]c(=O)c3C2)c(OC)c1. The largest absolute Gasteiger partial charge is 0.497 e. The van der Waals surface area contributed by atoms with Crippen molar-refractivity contribution >= 4 is 9.84 Å². The van der Waals surface area contributed by atoms with Crippen LogP contribution in [0.4, 0.5) is 0 Å². The molecule has 2 aromatic rings. The topological polar surface area (TPSA) is 102 Å². The summed E-state index contributed by atoms with van der Waals surface area (Å²) in [5, 5.41) is -0.271. The fraction of sp³-hybridized carbons (Fsp3) is 0.444. The lowest BCUT2D eigenvalue weighted by Crippen LogP contribution is -2.36. The first kappa shape index (κ1) is 19.4. The Labute approximate surface area is 158 Å². The molecule has 1 aromatic heterocycles. The minimum absolute atomic E-state index is 0.271. The van der Waals surface area contributed by atoms with Crippen LogP contribution in [0.3, 0.4) is 0 Å². The molecule has 0 spiro atoms. The van der Waals surface area contributed by atoms with Crippen LogP contribution in [0, 0.1) is 6.92 Å². The van der Waals surface area contributed by atoms with Crippen LogP contribution in [0.2, 0.25) is 0 Å². The third-order valence-corrected chi connectivity index (χ3v) is 5.62. The Bertz CT molecular complexity index is 1030. The van der Waals surface area contributed by atoms with Crippen molar-refractivity contribution in [3.63, 3.8) is 0 Å². The van der Waals surface area contributed by atoms with Gasteiger partial charge in [0.1, 0.15) is 11.5 Å². The van der Waals surface area contributed by atoms with Crippen molar-refractivity contribution in [3.8, 4) is 11.5 Å². The zero-order valence-corrected chi connectivity index (χ0v) is 16.6. The lowest BCUT2D eigenvalue weighted by atomic mass is 10.0. The number of nitrogens with zero attached hydrogens (tertiary/aromatic N) is 2. The lowest BCUT2D eigenvalue weighted by Gasteiger charge is -2.28. The van der Waals surface area contributed by atoms with Crippen LogP contribution in [-0.4, -0.2) is 50.3 Å². The molecule has 0 radical (unpaired) electrons. The number of nitrogens with one attached hydrogen (secondary N) is 1. The van der Waals surface area contributed by atoms with E-state index in [2.05, 4.69) is 14.9 Å². The van der Waals surface area contributed by atoms with Crippen LogP contribution < -0.4 is 15.0 Å². The van der Waals surface area contributed by atoms with Crippen molar-refractivity contribution in [2.75, 3.05) is 27.0 Å². The van der Waals surface area contributed by atoms with Gasteiger partial charge >= 0.3 is 0 Å². The van der Waals surface area contributed by atoms with E-state index < -0.39 is 15.4 Å². The predicted octanol–water partition coefficient (Wildman–Crippen LogP) is 1.06. The first-order chi connectivity index (χ1) is 12.7. The first-order valence-electron chi connectivity index (χ1n) is 8.49. The number of H-pyrrole nitrogens is 1. The van der Waals surface area contributed by atoms with Gasteiger partial charge in [0.25, 0.3) is 5.56 Å². The van der Waals surface area contributed by atoms with Gasteiger partial charge in [0.15, 0.2) is 0 Å². The van der Waals surface area contributed by atoms with Crippen LogP contribution in [0.5, 0.6) is 11.5 Å². The van der Waals surface area contributed by atoms with E-state index in [0.717, 1.165) is 28.9 Å². The molecule has 1 aliphatic rings. The Hall–Kier alpha value is -2.39. The molecule has 3 rings (SSSR count). The molecule has 0 unspecified atom stereocenters. The third-order valence-electron chi connectivity index (χ3n) is 4.72. The van der Waals surface area contributed by atoms with Gasteiger partial charge in [-0.05, 0) is 18.6 Å². The second kappa shape index (κ2) is 7.32. The number of sulfone groups is 1. The Kier molecular flexibility index (Phi) is 5.25. The highest BCUT2D eigenvalue weighted by Crippen LogP contribution is 2.30. The van der Waals surface area contributed by atoms with Gasteiger partial charge in [-0.2, -0.15) is 0 Å². The fourth-order valence-corrected chi connectivity index (χ4v) is 3.80. The maximum Gasteiger partial charge on any atom is 0.256 e. The summed E-state index contributed by atoms with van der Waals surface area (Å²) in [6, 6.07) is 3.79. The van der Waals surface area contributed by atoms with Gasteiger partial charge in [0, 0.05) is 43.9 Å². The Morgan fingerprint density at radius 3 is 2.63 bits per heavy atom. The van der Waals surface area contributed by atoms with E-state index in [4.69, 9.17) is 9.47 Å². The number of methoxy groups -OCH3 is 2. The van der Waals surface area contributed by atoms with E-state index in [1.54, 1.807) is 14.2 Å². The lowest BCUT2D eigenvalue weighted by molar-refractivity contribution is 0.236. The molecule has 0 amide bonds. The molecule has 0 bridgehead atoms. The molecule has 146 valence electrons. The van der Waals surface area contributed by atoms with Crippen molar-refractivity contribution in [2.24, 2.45) is 0 Å². The molecule has 0 saturated carbocycles. The second-order valence-corrected chi connectivity index (χ2v) is 8.59. The van der Waals surface area contributed by atoms with Crippen LogP contribution in [-0.2, 0) is 29.3 Å². The van der Waals surface area contributed by atoms with Crippen LogP contribution in [0.1, 0.15) is 22.4 Å². The van der Waals surface area contributed by atoms with E-state index >= 15 is 0 Å². The van der Waals surface area contributed by atoms with Crippen LogP contribution >= 0.6 is 0 Å². The monoisotopic (exact) mass is 393 g/mol. The van der Waals surface area contributed by atoms with Gasteiger partial charge < -0.3 is 9.47 Å². The molecule has 1 N–H and O–H groups in total. The maximum atomic E-state index is 12.4. The highest BCUT2D eigenvalue weighted by atomic mass is 32.2. The average Bonchev–Trinajstić information content (AvgIpc) is 2.62. The maximum absolute atomic E-state index is 12.4. The Balaban J connectivity index is 1.89. The van der Waals surface area contributed by atoms with Crippen LogP contribution in [0.25, 0.3) is 0 Å². The van der Waals surface area contributed by atoms with Gasteiger partial charge in [-0.3, -0.25) is 14.7 Å². The van der Waals surface area contributed by atoms with E-state index in [0.29, 0.717) is 37.3 Å². The van der Waals surface area contributed by atoms with Crippen molar-refractivity contribution in [1.29, 1.82) is 0 Å². The van der Waals surface area contributed by atoms with Crippen molar-refractivity contribution < 1.29 is 17.9 Å². The summed E-state index contributed by atoms with van der Waals surface area (Å²) in [4.78, 5) is 21.0. The number of ether oxygens (including phenoxy) is 2. The van der Waals surface area contributed by atoms with E-state index in [9.17, 15) is 13.2 Å². The zero-order valence-electron chi connectivity index (χ0n) is 15.8. The highest BCUT2D eigenvalue weighted by Gasteiger charge is 2.24. The minimum Gasteiger partial charge on any atom is -0.497 e. The molecule has 0 fully saturated rings. The summed E-state index contributed by atoms with van der Waals surface area (Å²) < 4.78 is 34.1. The predicted molar refractivity (Wildman–Crippen MR) is 100 cm³/mol. The smallest absolute Gasteiger partial charge is 0.256 e. The van der Waals surface area contributed by atoms with Gasteiger partial charge in [0.05, 0.1) is 25.5 Å². The standard InChI is InChI=1S/C18H23N3O5S/c1-11-7-12(25-2)8-16(26-3)13(11)9-21-6-5-15-14(10-21)17(22)20-18(19-15)27(4,23)24/h7-8H,5-6,9-10H2,1-4H3,(H,19,20,22). The van der Waals surface area contributed by atoms with E-state index in [1.807, 2.05) is 19.1 Å². The highest BCUT2D eigenvalue weighted by molar-refractivity contribution is 7.90. The number of rotatable bonds is 5. The quantitative estimate of drug-likeness (QED) is 0.758. The number of hydrogen-bond donors (Lipinski definition) is 1. The number of hydrogen-bond acceptors (Lipinski definition) is 7. The number of aryl methyl sites for hydroxylation is 1. The van der Waals surface area contributed by atoms with Crippen molar-refractivity contribution in [3.05, 3.63) is 44.9 Å². The normalized spacial score (nSPS) is 14.7. The average molecular weight is 393 g/mol. The molecule has 8 nitrogen and oxygen atoms in total. The first-order valence-corrected chi connectivity index (χ1v) is 10.4. The zero-order chi connectivity index (χ0) is 19.8. The van der Waals surface area contributed by atoms with Gasteiger partial charge in [-0.25, -0.2) is 13.4 Å². The molecule has 2 heterocycles. The van der Waals surface area contributed by atoms with Gasteiger partial charge in [-0.15, -0.1) is 0 Å². The fourth-order valence-electron chi connectivity index (χ4n) is 3.25.